The van der Waals surface area contributed by atoms with Crippen molar-refractivity contribution in [2.75, 3.05) is 0 Å². The maximum Gasteiger partial charge on any atom is 0.166 e. The number of ether oxygens (including phenoxy) is 1. The van der Waals surface area contributed by atoms with Gasteiger partial charge >= 0.3 is 0 Å². The van der Waals surface area contributed by atoms with Gasteiger partial charge in [0.05, 0.1) is 11.0 Å². The average Bonchev–Trinajstić information content (AvgIpc) is 2.20. The van der Waals surface area contributed by atoms with Gasteiger partial charge < -0.3 is 4.74 Å². The second-order valence-electron chi connectivity index (χ2n) is 3.03. The van der Waals surface area contributed by atoms with Crippen molar-refractivity contribution >= 4 is 42.1 Å². The van der Waals surface area contributed by atoms with E-state index in [1.807, 2.05) is 0 Å². The zero-order valence-electron chi connectivity index (χ0n) is 7.41. The van der Waals surface area contributed by atoms with E-state index in [1.165, 1.54) is 0 Å². The third-order valence-corrected chi connectivity index (χ3v) is 3.15. The quantitative estimate of drug-likeness (QED) is 0.476. The minimum atomic E-state index is -0.558. The maximum atomic E-state index is 10.8. The molecule has 1 heterocycles. The number of halogens is 2. The van der Waals surface area contributed by atoms with Gasteiger partial charge in [0, 0.05) is 10.6 Å². The topological polar surface area (TPSA) is 26.3 Å². The van der Waals surface area contributed by atoms with Gasteiger partial charge in [0.2, 0.25) is 0 Å². The van der Waals surface area contributed by atoms with Crippen molar-refractivity contribution in [3.05, 3.63) is 39.4 Å². The number of alkyl halides is 1. The van der Waals surface area contributed by atoms with Crippen LogP contribution >= 0.6 is 35.8 Å². The number of fused-ring (bicyclic) bond motifs is 1. The highest BCUT2D eigenvalue weighted by Crippen LogP contribution is 2.42. The Hall–Kier alpha value is -0.640. The molecule has 1 aliphatic heterocycles. The van der Waals surface area contributed by atoms with Gasteiger partial charge in [-0.15, -0.1) is 24.2 Å². The van der Waals surface area contributed by atoms with Crippen LogP contribution in [0.15, 0.2) is 28.9 Å². The van der Waals surface area contributed by atoms with E-state index in [0.29, 0.717) is 28.2 Å². The van der Waals surface area contributed by atoms with Crippen LogP contribution < -0.4 is 4.74 Å². The molecule has 2 nitrogen and oxygen atoms in total. The summed E-state index contributed by atoms with van der Waals surface area (Å²) in [6, 6.07) is 5.07. The van der Waals surface area contributed by atoms with Crippen LogP contribution in [-0.2, 0) is 4.79 Å². The van der Waals surface area contributed by atoms with Crippen LogP contribution in [0.1, 0.15) is 10.9 Å². The third kappa shape index (κ3) is 1.87. The minimum Gasteiger partial charge on any atom is -0.450 e. The fourth-order valence-electron chi connectivity index (χ4n) is 1.36. The predicted molar refractivity (Wildman–Crippen MR) is 62.8 cm³/mol. The van der Waals surface area contributed by atoms with E-state index < -0.39 is 5.38 Å². The molecule has 2 rings (SSSR count). The lowest BCUT2D eigenvalue weighted by molar-refractivity contribution is -0.105. The number of benzene rings is 1. The van der Waals surface area contributed by atoms with E-state index >= 15 is 0 Å². The Morgan fingerprint density at radius 2 is 2.20 bits per heavy atom. The molecule has 0 N–H and O–H groups in total. The highest BCUT2D eigenvalue weighted by atomic mass is 35.5. The number of carbonyl (C=O) groups excluding carboxylic acids is 1. The van der Waals surface area contributed by atoms with E-state index in [9.17, 15) is 4.79 Å². The Labute approximate surface area is 102 Å². The molecule has 0 amide bonds. The minimum absolute atomic E-state index is 0.236. The largest absolute Gasteiger partial charge is 0.450 e. The Bertz CT molecular complexity index is 457. The van der Waals surface area contributed by atoms with Crippen molar-refractivity contribution in [1.82, 2.24) is 0 Å². The van der Waals surface area contributed by atoms with Crippen molar-refractivity contribution in [3.8, 4) is 5.75 Å². The van der Waals surface area contributed by atoms with Crippen molar-refractivity contribution in [2.24, 2.45) is 0 Å². The normalized spacial score (nSPS) is 19.5. The number of hydrogen-bond donors (Lipinski definition) is 1. The van der Waals surface area contributed by atoms with Gasteiger partial charge in [-0.25, -0.2) is 0 Å². The zero-order valence-corrected chi connectivity index (χ0v) is 9.81. The highest BCUT2D eigenvalue weighted by molar-refractivity contribution is 7.84. The van der Waals surface area contributed by atoms with Gasteiger partial charge in [0.15, 0.2) is 11.4 Å². The van der Waals surface area contributed by atoms with Crippen LogP contribution in [0.3, 0.4) is 0 Å². The van der Waals surface area contributed by atoms with E-state index in [2.05, 4.69) is 12.6 Å². The second-order valence-corrected chi connectivity index (χ2v) is 4.30. The highest BCUT2D eigenvalue weighted by Gasteiger charge is 2.26. The first-order valence-electron chi connectivity index (χ1n) is 4.13. The number of rotatable bonds is 1. The smallest absolute Gasteiger partial charge is 0.166 e. The number of thiol groups is 1. The van der Waals surface area contributed by atoms with Gasteiger partial charge in [-0.2, -0.15) is 0 Å². The second kappa shape index (κ2) is 4.08. The Morgan fingerprint density at radius 1 is 1.47 bits per heavy atom. The van der Waals surface area contributed by atoms with E-state index in [4.69, 9.17) is 27.9 Å². The van der Waals surface area contributed by atoms with Crippen molar-refractivity contribution < 1.29 is 9.53 Å². The van der Waals surface area contributed by atoms with E-state index in [1.54, 1.807) is 18.2 Å². The number of hydrogen-bond acceptors (Lipinski definition) is 3. The summed E-state index contributed by atoms with van der Waals surface area (Å²) in [6.07, 6.45) is 0.643. The molecule has 0 radical (unpaired) electrons. The Morgan fingerprint density at radius 3 is 2.87 bits per heavy atom. The molecule has 15 heavy (non-hydrogen) atoms. The molecule has 1 aliphatic rings. The molecule has 1 atom stereocenters. The summed E-state index contributed by atoms with van der Waals surface area (Å²) >= 11 is 16.0. The van der Waals surface area contributed by atoms with Crippen LogP contribution in [-0.4, -0.2) is 6.29 Å². The Balaban J connectivity index is 2.55. The summed E-state index contributed by atoms with van der Waals surface area (Å²) in [7, 11) is 0. The lowest BCUT2D eigenvalue weighted by Gasteiger charge is -2.22. The Kier molecular flexibility index (Phi) is 2.96. The van der Waals surface area contributed by atoms with Crippen LogP contribution in [0.5, 0.6) is 5.75 Å². The summed E-state index contributed by atoms with van der Waals surface area (Å²) in [5, 5.41) is 0.230. The summed E-state index contributed by atoms with van der Waals surface area (Å²) < 4.78 is 5.33. The number of aldehydes is 1. The predicted octanol–water partition coefficient (Wildman–Crippen LogP) is 3.35. The van der Waals surface area contributed by atoms with Gasteiger partial charge in [0.1, 0.15) is 5.75 Å². The molecule has 1 aromatic rings. The van der Waals surface area contributed by atoms with Crippen molar-refractivity contribution in [1.29, 1.82) is 0 Å². The SMILES string of the molecule is O=CC1=C(S)Oc2ccc(Cl)cc2C1Cl. The first-order valence-corrected chi connectivity index (χ1v) is 5.39. The van der Waals surface area contributed by atoms with Crippen molar-refractivity contribution in [2.45, 2.75) is 5.38 Å². The van der Waals surface area contributed by atoms with E-state index in [-0.39, 0.29) is 5.09 Å². The monoisotopic (exact) mass is 260 g/mol. The first kappa shape index (κ1) is 10.9. The maximum absolute atomic E-state index is 10.8. The third-order valence-electron chi connectivity index (χ3n) is 2.10. The number of carbonyl (C=O) groups is 1. The molecule has 0 spiro atoms. The average molecular weight is 261 g/mol. The van der Waals surface area contributed by atoms with Gasteiger partial charge in [-0.05, 0) is 18.2 Å². The molecule has 0 saturated carbocycles. The molecule has 0 aromatic heterocycles. The lowest BCUT2D eigenvalue weighted by atomic mass is 10.0. The summed E-state index contributed by atoms with van der Waals surface area (Å²) in [5.74, 6) is 0.579. The molecule has 1 unspecified atom stereocenters. The van der Waals surface area contributed by atoms with Crippen LogP contribution in [0.2, 0.25) is 5.02 Å². The molecule has 78 valence electrons. The fourth-order valence-corrected chi connectivity index (χ4v) is 2.22. The van der Waals surface area contributed by atoms with Crippen LogP contribution in [0.4, 0.5) is 0 Å². The standard InChI is InChI=1S/C10H6Cl2O2S/c11-5-1-2-8-6(3-5)9(12)7(4-13)10(15)14-8/h1-4,9,15H. The van der Waals surface area contributed by atoms with Crippen LogP contribution in [0.25, 0.3) is 0 Å². The molecule has 0 aliphatic carbocycles. The zero-order chi connectivity index (χ0) is 11.0. The van der Waals surface area contributed by atoms with Crippen molar-refractivity contribution in [3.63, 3.8) is 0 Å². The van der Waals surface area contributed by atoms with E-state index in [0.717, 1.165) is 0 Å². The molecular weight excluding hydrogens is 255 g/mol. The first-order chi connectivity index (χ1) is 7.13. The molecule has 0 fully saturated rings. The lowest BCUT2D eigenvalue weighted by Crippen LogP contribution is -2.10. The van der Waals surface area contributed by atoms with Crippen LogP contribution in [0, 0.1) is 0 Å². The number of allylic oxidation sites excluding steroid dienone is 1. The molecule has 0 saturated heterocycles. The fraction of sp³-hybridized carbons (Fsp3) is 0.100. The molecule has 5 heteroatoms. The molecular formula is C10H6Cl2O2S. The molecule has 1 aromatic carbocycles. The van der Waals surface area contributed by atoms with Gasteiger partial charge in [0.25, 0.3) is 0 Å². The van der Waals surface area contributed by atoms with Gasteiger partial charge in [-0.1, -0.05) is 11.6 Å². The summed E-state index contributed by atoms with van der Waals surface area (Å²) in [6.45, 7) is 0. The van der Waals surface area contributed by atoms with Gasteiger partial charge in [-0.3, -0.25) is 4.79 Å². The molecule has 0 bridgehead atoms. The summed E-state index contributed by atoms with van der Waals surface area (Å²) in [4.78, 5) is 10.8. The summed E-state index contributed by atoms with van der Waals surface area (Å²) in [5.41, 5.74) is 0.999.